The molecule has 0 atom stereocenters. The predicted octanol–water partition coefficient (Wildman–Crippen LogP) is 2.39. The Morgan fingerprint density at radius 1 is 1.16 bits per heavy atom. The molecule has 8 heteroatoms. The summed E-state index contributed by atoms with van der Waals surface area (Å²) in [6.07, 6.45) is 2.00. The van der Waals surface area contributed by atoms with Crippen LogP contribution in [-0.4, -0.2) is 36.1 Å². The van der Waals surface area contributed by atoms with Gasteiger partial charge in [-0.1, -0.05) is 13.3 Å². The summed E-state index contributed by atoms with van der Waals surface area (Å²) in [5, 5.41) is 11.5. The minimum Gasteiger partial charge on any atom is -0.454 e. The first-order valence-corrected chi connectivity index (χ1v) is 8.25. The molecule has 130 valence electrons. The number of unbranched alkanes of at least 4 members (excludes halogenated alkanes) is 1. The van der Waals surface area contributed by atoms with Gasteiger partial charge in [0.1, 0.15) is 0 Å². The zero-order valence-electron chi connectivity index (χ0n) is 14.6. The van der Waals surface area contributed by atoms with Crippen molar-refractivity contribution in [3.8, 4) is 0 Å². The molecule has 0 N–H and O–H groups in total. The molecule has 0 fully saturated rings. The van der Waals surface area contributed by atoms with Crippen LogP contribution in [0, 0.1) is 13.8 Å². The van der Waals surface area contributed by atoms with E-state index in [1.165, 1.54) is 0 Å². The van der Waals surface area contributed by atoms with Crippen molar-refractivity contribution < 1.29 is 9.53 Å². The van der Waals surface area contributed by atoms with Crippen molar-refractivity contribution >= 4 is 17.0 Å². The van der Waals surface area contributed by atoms with Crippen molar-refractivity contribution in [1.29, 1.82) is 0 Å². The number of aryl methyl sites for hydroxylation is 3. The van der Waals surface area contributed by atoms with E-state index in [1.807, 2.05) is 13.8 Å². The third-order valence-electron chi connectivity index (χ3n) is 3.97. The van der Waals surface area contributed by atoms with Gasteiger partial charge in [0.15, 0.2) is 12.4 Å². The van der Waals surface area contributed by atoms with Crippen LogP contribution < -0.4 is 0 Å². The maximum absolute atomic E-state index is 12.3. The van der Waals surface area contributed by atoms with Crippen LogP contribution in [-0.2, 0) is 17.9 Å². The van der Waals surface area contributed by atoms with Gasteiger partial charge in [-0.2, -0.15) is 0 Å². The number of carbonyl (C=O) groups is 1. The molecule has 3 aromatic rings. The van der Waals surface area contributed by atoms with Crippen molar-refractivity contribution in [2.45, 2.75) is 46.8 Å². The Hall–Kier alpha value is -2.90. The summed E-state index contributed by atoms with van der Waals surface area (Å²) in [7, 11) is 0. The highest BCUT2D eigenvalue weighted by Crippen LogP contribution is 2.15. The molecule has 25 heavy (non-hydrogen) atoms. The molecule has 2 heterocycles. The topological polar surface area (TPSA) is 95.7 Å². The summed E-state index contributed by atoms with van der Waals surface area (Å²) >= 11 is 0. The maximum Gasteiger partial charge on any atom is 0.338 e. The Labute approximate surface area is 145 Å². The average Bonchev–Trinajstić information content (AvgIpc) is 3.05. The van der Waals surface area contributed by atoms with Crippen LogP contribution in [0.25, 0.3) is 11.0 Å². The molecular weight excluding hydrogens is 320 g/mol. The van der Waals surface area contributed by atoms with E-state index in [4.69, 9.17) is 4.74 Å². The lowest BCUT2D eigenvalue weighted by atomic mass is 10.2. The molecule has 3 rings (SSSR count). The Morgan fingerprint density at radius 3 is 2.68 bits per heavy atom. The van der Waals surface area contributed by atoms with E-state index < -0.39 is 5.97 Å². The highest BCUT2D eigenvalue weighted by atomic mass is 16.5. The number of tetrazole rings is 1. The van der Waals surface area contributed by atoms with Crippen LogP contribution in [0.5, 0.6) is 0 Å². The van der Waals surface area contributed by atoms with Gasteiger partial charge in [-0.25, -0.2) is 19.4 Å². The Kier molecular flexibility index (Phi) is 4.97. The van der Waals surface area contributed by atoms with Gasteiger partial charge >= 0.3 is 5.97 Å². The summed E-state index contributed by atoms with van der Waals surface area (Å²) in [6.45, 7) is 6.64. The fraction of sp³-hybridized carbons (Fsp3) is 0.412. The van der Waals surface area contributed by atoms with Crippen LogP contribution in [0.2, 0.25) is 0 Å². The monoisotopic (exact) mass is 340 g/mol. The standard InChI is InChI=1S/C17H20N6O2/c1-4-5-8-23-16(20-21-22-23)10-25-17(24)13-6-7-14-15(9-13)19-12(3)11(2)18-14/h6-7,9H,4-5,8,10H2,1-3H3. The summed E-state index contributed by atoms with van der Waals surface area (Å²) in [5.41, 5.74) is 3.57. The number of fused-ring (bicyclic) bond motifs is 1. The molecule has 8 nitrogen and oxygen atoms in total. The average molecular weight is 340 g/mol. The van der Waals surface area contributed by atoms with E-state index in [1.54, 1.807) is 22.9 Å². The van der Waals surface area contributed by atoms with Crippen LogP contribution in [0.15, 0.2) is 18.2 Å². The van der Waals surface area contributed by atoms with Gasteiger partial charge in [0.05, 0.1) is 28.0 Å². The Morgan fingerprint density at radius 2 is 1.92 bits per heavy atom. The molecule has 0 aliphatic rings. The highest BCUT2D eigenvalue weighted by molar-refractivity contribution is 5.93. The number of benzene rings is 1. The van der Waals surface area contributed by atoms with E-state index in [0.29, 0.717) is 23.4 Å². The van der Waals surface area contributed by atoms with Gasteiger partial charge in [0.2, 0.25) is 0 Å². The Balaban J connectivity index is 1.72. The lowest BCUT2D eigenvalue weighted by molar-refractivity contribution is 0.0456. The summed E-state index contributed by atoms with van der Waals surface area (Å²) in [4.78, 5) is 21.2. The number of esters is 1. The molecule has 0 spiro atoms. The SMILES string of the molecule is CCCCn1nnnc1COC(=O)c1ccc2nc(C)c(C)nc2c1. The van der Waals surface area contributed by atoms with Crippen molar-refractivity contribution in [2.75, 3.05) is 0 Å². The lowest BCUT2D eigenvalue weighted by Gasteiger charge is -2.07. The number of nitrogens with zero attached hydrogens (tertiary/aromatic N) is 6. The summed E-state index contributed by atoms with van der Waals surface area (Å²) in [6, 6.07) is 5.15. The van der Waals surface area contributed by atoms with Gasteiger partial charge in [0, 0.05) is 6.54 Å². The van der Waals surface area contributed by atoms with Gasteiger partial charge < -0.3 is 4.74 Å². The molecule has 0 unspecified atom stereocenters. The first-order chi connectivity index (χ1) is 12.1. The first-order valence-electron chi connectivity index (χ1n) is 8.25. The van der Waals surface area contributed by atoms with Gasteiger partial charge in [-0.05, 0) is 48.9 Å². The zero-order chi connectivity index (χ0) is 17.8. The van der Waals surface area contributed by atoms with Crippen LogP contribution in [0.4, 0.5) is 0 Å². The second-order valence-electron chi connectivity index (χ2n) is 5.85. The normalized spacial score (nSPS) is 11.0. The number of aromatic nitrogens is 6. The van der Waals surface area contributed by atoms with Gasteiger partial charge in [0.25, 0.3) is 0 Å². The van der Waals surface area contributed by atoms with Crippen molar-refractivity contribution in [3.05, 3.63) is 41.0 Å². The third-order valence-corrected chi connectivity index (χ3v) is 3.97. The second kappa shape index (κ2) is 7.33. The molecule has 0 saturated heterocycles. The highest BCUT2D eigenvalue weighted by Gasteiger charge is 2.13. The number of hydrogen-bond donors (Lipinski definition) is 0. The molecule has 1 aromatic carbocycles. The Bertz CT molecular complexity index is 905. The van der Waals surface area contributed by atoms with E-state index in [0.717, 1.165) is 29.7 Å². The van der Waals surface area contributed by atoms with E-state index >= 15 is 0 Å². The summed E-state index contributed by atoms with van der Waals surface area (Å²) in [5.74, 6) is 0.0980. The quantitative estimate of drug-likeness (QED) is 0.636. The fourth-order valence-electron chi connectivity index (χ4n) is 2.38. The van der Waals surface area contributed by atoms with Crippen LogP contribution >= 0.6 is 0 Å². The summed E-state index contributed by atoms with van der Waals surface area (Å²) < 4.78 is 7.01. The van der Waals surface area contributed by atoms with Crippen LogP contribution in [0.3, 0.4) is 0 Å². The minimum atomic E-state index is -0.438. The number of hydrogen-bond acceptors (Lipinski definition) is 7. The van der Waals surface area contributed by atoms with E-state index in [9.17, 15) is 4.79 Å². The second-order valence-corrected chi connectivity index (χ2v) is 5.85. The molecule has 0 bridgehead atoms. The molecule has 0 amide bonds. The fourth-order valence-corrected chi connectivity index (χ4v) is 2.38. The molecular formula is C17H20N6O2. The zero-order valence-corrected chi connectivity index (χ0v) is 14.6. The minimum absolute atomic E-state index is 0.0339. The van der Waals surface area contributed by atoms with Crippen molar-refractivity contribution in [2.24, 2.45) is 0 Å². The number of rotatable bonds is 6. The van der Waals surface area contributed by atoms with Gasteiger partial charge in [-0.3, -0.25) is 0 Å². The first kappa shape index (κ1) is 16.9. The van der Waals surface area contributed by atoms with Crippen molar-refractivity contribution in [1.82, 2.24) is 30.2 Å². The predicted molar refractivity (Wildman–Crippen MR) is 90.9 cm³/mol. The van der Waals surface area contributed by atoms with E-state index in [-0.39, 0.29) is 6.61 Å². The van der Waals surface area contributed by atoms with Gasteiger partial charge in [-0.15, -0.1) is 5.10 Å². The molecule has 0 aliphatic carbocycles. The largest absolute Gasteiger partial charge is 0.454 e. The van der Waals surface area contributed by atoms with E-state index in [2.05, 4.69) is 32.4 Å². The molecule has 2 aromatic heterocycles. The molecule has 0 radical (unpaired) electrons. The van der Waals surface area contributed by atoms with Crippen molar-refractivity contribution in [3.63, 3.8) is 0 Å². The molecule has 0 saturated carbocycles. The number of ether oxygens (including phenoxy) is 1. The lowest BCUT2D eigenvalue weighted by Crippen LogP contribution is -2.11. The van der Waals surface area contributed by atoms with Crippen LogP contribution in [0.1, 0.15) is 47.3 Å². The smallest absolute Gasteiger partial charge is 0.338 e. The number of carbonyl (C=O) groups excluding carboxylic acids is 1. The maximum atomic E-state index is 12.3. The molecule has 0 aliphatic heterocycles. The third kappa shape index (κ3) is 3.78.